The van der Waals surface area contributed by atoms with Crippen molar-refractivity contribution < 1.29 is 0 Å². The van der Waals surface area contributed by atoms with Gasteiger partial charge in [0, 0.05) is 16.7 Å². The van der Waals surface area contributed by atoms with Crippen molar-refractivity contribution in [1.29, 1.82) is 0 Å². The Hall–Kier alpha value is -0.540. The van der Waals surface area contributed by atoms with Gasteiger partial charge in [-0.1, -0.05) is 22.0 Å². The van der Waals surface area contributed by atoms with Crippen LogP contribution in [0.2, 0.25) is 0 Å². The summed E-state index contributed by atoms with van der Waals surface area (Å²) >= 11 is 3.35. The molecule has 0 bridgehead atoms. The third kappa shape index (κ3) is 1.49. The molecule has 0 atom stereocenters. The molecule has 0 radical (unpaired) electrons. The molecule has 1 aromatic rings. The van der Waals surface area contributed by atoms with Gasteiger partial charge in [0.2, 0.25) is 0 Å². The monoisotopic (exact) mass is 200 g/mol. The second-order valence-corrected chi connectivity index (χ2v) is 2.91. The van der Waals surface area contributed by atoms with Crippen molar-refractivity contribution in [3.63, 3.8) is 0 Å². The average molecular weight is 201 g/mol. The third-order valence-electron chi connectivity index (χ3n) is 1.30. The molecule has 0 fully saturated rings. The van der Waals surface area contributed by atoms with Crippen LogP contribution in [0.4, 0.5) is 5.69 Å². The molecule has 3 heteroatoms. The minimum Gasteiger partial charge on any atom is -0.399 e. The molecule has 0 saturated heterocycles. The Balaban J connectivity index is 3.07. The lowest BCUT2D eigenvalue weighted by Gasteiger charge is -2.00. The summed E-state index contributed by atoms with van der Waals surface area (Å²) in [6, 6.07) is 5.61. The Morgan fingerprint density at radius 3 is 2.60 bits per heavy atom. The molecule has 0 amide bonds. The minimum absolute atomic E-state index is 0.543. The predicted octanol–water partition coefficient (Wildman–Crippen LogP) is 1.49. The van der Waals surface area contributed by atoms with Crippen LogP contribution in [0.15, 0.2) is 22.7 Å². The lowest BCUT2D eigenvalue weighted by Crippen LogP contribution is -1.97. The topological polar surface area (TPSA) is 52.0 Å². The first kappa shape index (κ1) is 7.57. The normalized spacial score (nSPS) is 9.80. The Bertz CT molecular complexity index is 235. The number of nitrogens with two attached hydrogens (primary N) is 2. The number of halogens is 1. The number of anilines is 1. The maximum atomic E-state index is 5.51. The molecule has 0 heterocycles. The van der Waals surface area contributed by atoms with Gasteiger partial charge in [0.25, 0.3) is 0 Å². The van der Waals surface area contributed by atoms with Crippen LogP contribution in [-0.2, 0) is 6.54 Å². The molecule has 2 nitrogen and oxygen atoms in total. The van der Waals surface area contributed by atoms with Gasteiger partial charge >= 0.3 is 0 Å². The van der Waals surface area contributed by atoms with E-state index in [-0.39, 0.29) is 0 Å². The molecule has 0 saturated carbocycles. The van der Waals surface area contributed by atoms with Crippen molar-refractivity contribution in [3.05, 3.63) is 28.2 Å². The number of hydrogen-bond donors (Lipinski definition) is 2. The zero-order valence-corrected chi connectivity index (χ0v) is 7.06. The fourth-order valence-corrected chi connectivity index (χ4v) is 1.29. The quantitative estimate of drug-likeness (QED) is 0.676. The Kier molecular flexibility index (Phi) is 2.29. The van der Waals surface area contributed by atoms with Crippen molar-refractivity contribution in [2.45, 2.75) is 6.54 Å². The number of hydrogen-bond acceptors (Lipinski definition) is 2. The highest BCUT2D eigenvalue weighted by molar-refractivity contribution is 9.10. The zero-order chi connectivity index (χ0) is 7.56. The molecule has 0 aliphatic rings. The Morgan fingerprint density at radius 1 is 1.40 bits per heavy atom. The van der Waals surface area contributed by atoms with Gasteiger partial charge < -0.3 is 11.5 Å². The van der Waals surface area contributed by atoms with Gasteiger partial charge in [0.15, 0.2) is 0 Å². The Labute approximate surface area is 68.3 Å². The van der Waals surface area contributed by atoms with Crippen LogP contribution in [0, 0.1) is 0 Å². The lowest BCUT2D eigenvalue weighted by atomic mass is 10.2. The van der Waals surface area contributed by atoms with Crippen LogP contribution in [0.5, 0.6) is 0 Å². The van der Waals surface area contributed by atoms with E-state index >= 15 is 0 Å². The van der Waals surface area contributed by atoms with E-state index in [4.69, 9.17) is 11.5 Å². The molecule has 10 heavy (non-hydrogen) atoms. The minimum atomic E-state index is 0.543. The van der Waals surface area contributed by atoms with Gasteiger partial charge in [-0.3, -0.25) is 0 Å². The molecule has 4 N–H and O–H groups in total. The van der Waals surface area contributed by atoms with E-state index in [0.29, 0.717) is 6.54 Å². The highest BCUT2D eigenvalue weighted by Crippen LogP contribution is 2.18. The molecule has 0 aliphatic heterocycles. The largest absolute Gasteiger partial charge is 0.399 e. The van der Waals surface area contributed by atoms with E-state index < -0.39 is 0 Å². The smallest absolute Gasteiger partial charge is 0.0325 e. The first-order valence-corrected chi connectivity index (χ1v) is 3.77. The van der Waals surface area contributed by atoms with E-state index in [2.05, 4.69) is 15.9 Å². The number of rotatable bonds is 1. The first-order valence-electron chi connectivity index (χ1n) is 2.98. The molecule has 0 aliphatic carbocycles. The second-order valence-electron chi connectivity index (χ2n) is 2.05. The lowest BCUT2D eigenvalue weighted by molar-refractivity contribution is 1.06. The fourth-order valence-electron chi connectivity index (χ4n) is 0.729. The van der Waals surface area contributed by atoms with Gasteiger partial charge in [-0.2, -0.15) is 0 Å². The van der Waals surface area contributed by atoms with Crippen molar-refractivity contribution in [3.8, 4) is 0 Å². The summed E-state index contributed by atoms with van der Waals surface area (Å²) in [5, 5.41) is 0. The highest BCUT2D eigenvalue weighted by Gasteiger charge is 1.95. The number of nitrogen functional groups attached to an aromatic ring is 1. The molecular formula is C7H9BrN2. The van der Waals surface area contributed by atoms with E-state index in [0.717, 1.165) is 15.7 Å². The van der Waals surface area contributed by atoms with E-state index in [1.54, 1.807) is 0 Å². The molecule has 1 rings (SSSR count). The number of benzene rings is 1. The molecule has 0 aromatic heterocycles. The van der Waals surface area contributed by atoms with Crippen LogP contribution in [-0.4, -0.2) is 0 Å². The third-order valence-corrected chi connectivity index (χ3v) is 2.04. The van der Waals surface area contributed by atoms with E-state index in [9.17, 15) is 0 Å². The summed E-state index contributed by atoms with van der Waals surface area (Å²) < 4.78 is 0.981. The molecule has 0 unspecified atom stereocenters. The average Bonchev–Trinajstić information content (AvgIpc) is 1.88. The van der Waals surface area contributed by atoms with E-state index in [1.165, 1.54) is 0 Å². The maximum Gasteiger partial charge on any atom is 0.0325 e. The van der Waals surface area contributed by atoms with Gasteiger partial charge in [-0.25, -0.2) is 0 Å². The van der Waals surface area contributed by atoms with Gasteiger partial charge in [0.05, 0.1) is 0 Å². The summed E-state index contributed by atoms with van der Waals surface area (Å²) in [5.41, 5.74) is 12.8. The summed E-state index contributed by atoms with van der Waals surface area (Å²) in [6.45, 7) is 0.543. The SMILES string of the molecule is NCc1ccc(N)cc1Br. The van der Waals surface area contributed by atoms with Crippen LogP contribution in [0.1, 0.15) is 5.56 Å². The molecule has 0 spiro atoms. The summed E-state index contributed by atoms with van der Waals surface area (Å²) in [4.78, 5) is 0. The first-order chi connectivity index (χ1) is 4.74. The summed E-state index contributed by atoms with van der Waals surface area (Å²) in [5.74, 6) is 0. The van der Waals surface area contributed by atoms with Crippen LogP contribution in [0.25, 0.3) is 0 Å². The zero-order valence-electron chi connectivity index (χ0n) is 5.47. The van der Waals surface area contributed by atoms with Crippen LogP contribution >= 0.6 is 15.9 Å². The summed E-state index contributed by atoms with van der Waals surface area (Å²) in [7, 11) is 0. The molecule has 1 aromatic carbocycles. The summed E-state index contributed by atoms with van der Waals surface area (Å²) in [6.07, 6.45) is 0. The predicted molar refractivity (Wildman–Crippen MR) is 46.4 cm³/mol. The van der Waals surface area contributed by atoms with E-state index in [1.807, 2.05) is 18.2 Å². The fraction of sp³-hybridized carbons (Fsp3) is 0.143. The van der Waals surface area contributed by atoms with Gasteiger partial charge in [-0.15, -0.1) is 0 Å². The highest BCUT2D eigenvalue weighted by atomic mass is 79.9. The van der Waals surface area contributed by atoms with Gasteiger partial charge in [-0.05, 0) is 17.7 Å². The van der Waals surface area contributed by atoms with Gasteiger partial charge in [0.1, 0.15) is 0 Å². The Morgan fingerprint density at radius 2 is 2.10 bits per heavy atom. The van der Waals surface area contributed by atoms with Crippen LogP contribution < -0.4 is 11.5 Å². The molecular weight excluding hydrogens is 192 g/mol. The maximum absolute atomic E-state index is 5.51. The standard InChI is InChI=1S/C7H9BrN2/c8-7-3-6(10)2-1-5(7)4-9/h1-3H,4,9-10H2. The van der Waals surface area contributed by atoms with Crippen molar-refractivity contribution in [2.24, 2.45) is 5.73 Å². The second kappa shape index (κ2) is 3.03. The van der Waals surface area contributed by atoms with Crippen molar-refractivity contribution in [1.82, 2.24) is 0 Å². The van der Waals surface area contributed by atoms with Crippen molar-refractivity contribution in [2.75, 3.05) is 5.73 Å². The van der Waals surface area contributed by atoms with Crippen molar-refractivity contribution >= 4 is 21.6 Å². The molecule has 54 valence electrons. The van der Waals surface area contributed by atoms with Crippen LogP contribution in [0.3, 0.4) is 0 Å².